The minimum absolute atomic E-state index is 0.0288. The molecule has 0 radical (unpaired) electrons. The second-order valence-corrected chi connectivity index (χ2v) is 3.96. The third kappa shape index (κ3) is 2.42. The predicted octanol–water partition coefficient (Wildman–Crippen LogP) is 3.20. The summed E-state index contributed by atoms with van der Waals surface area (Å²) in [6, 6.07) is 6.14. The highest BCUT2D eigenvalue weighted by Crippen LogP contribution is 2.26. The number of benzene rings is 1. The number of furan rings is 1. The van der Waals surface area contributed by atoms with Crippen LogP contribution in [-0.4, -0.2) is 11.0 Å². The minimum atomic E-state index is -0.353. The third-order valence-electron chi connectivity index (χ3n) is 2.27. The van der Waals surface area contributed by atoms with Crippen LogP contribution in [0.15, 0.2) is 34.9 Å². The van der Waals surface area contributed by atoms with Crippen LogP contribution in [0.25, 0.3) is 0 Å². The van der Waals surface area contributed by atoms with Gasteiger partial charge in [-0.3, -0.25) is 4.79 Å². The number of carbonyl (C=O) groups is 1. The van der Waals surface area contributed by atoms with Crippen molar-refractivity contribution < 1.29 is 14.3 Å². The molecular weight excluding hydrogens is 242 g/mol. The fraction of sp³-hybridized carbons (Fsp3) is 0.0833. The summed E-state index contributed by atoms with van der Waals surface area (Å²) >= 11 is 5.73. The van der Waals surface area contributed by atoms with E-state index in [4.69, 9.17) is 16.0 Å². The molecule has 88 valence electrons. The SMILES string of the molecule is Cc1ccoc1C(=O)Nc1ccc(O)c(Cl)c1. The summed E-state index contributed by atoms with van der Waals surface area (Å²) in [7, 11) is 0. The maximum atomic E-state index is 11.8. The van der Waals surface area contributed by atoms with Crippen LogP contribution in [0.2, 0.25) is 5.02 Å². The molecule has 17 heavy (non-hydrogen) atoms. The number of halogens is 1. The molecular formula is C12H10ClNO3. The second kappa shape index (κ2) is 4.51. The van der Waals surface area contributed by atoms with Crippen LogP contribution in [0.3, 0.4) is 0 Å². The average molecular weight is 252 g/mol. The van der Waals surface area contributed by atoms with Crippen LogP contribution in [0.4, 0.5) is 5.69 Å². The number of amides is 1. The van der Waals surface area contributed by atoms with E-state index in [0.29, 0.717) is 5.69 Å². The highest BCUT2D eigenvalue weighted by atomic mass is 35.5. The van der Waals surface area contributed by atoms with E-state index >= 15 is 0 Å². The van der Waals surface area contributed by atoms with Crippen LogP contribution in [0.5, 0.6) is 5.75 Å². The van der Waals surface area contributed by atoms with Crippen molar-refractivity contribution in [2.24, 2.45) is 0 Å². The molecule has 2 N–H and O–H groups in total. The van der Waals surface area contributed by atoms with Gasteiger partial charge in [0.1, 0.15) is 5.75 Å². The van der Waals surface area contributed by atoms with Crippen LogP contribution in [0.1, 0.15) is 16.1 Å². The fourth-order valence-corrected chi connectivity index (χ4v) is 1.56. The number of aryl methyl sites for hydroxylation is 1. The van der Waals surface area contributed by atoms with Gasteiger partial charge in [0.25, 0.3) is 5.91 Å². The molecule has 0 aliphatic heterocycles. The monoisotopic (exact) mass is 251 g/mol. The molecule has 0 aliphatic rings. The lowest BCUT2D eigenvalue weighted by Crippen LogP contribution is -2.11. The van der Waals surface area contributed by atoms with Crippen LogP contribution in [0, 0.1) is 6.92 Å². The second-order valence-electron chi connectivity index (χ2n) is 3.55. The number of phenolic OH excluding ortho intramolecular Hbond substituents is 1. The van der Waals surface area contributed by atoms with Crippen molar-refractivity contribution in [2.75, 3.05) is 5.32 Å². The molecule has 1 heterocycles. The van der Waals surface area contributed by atoms with Crippen molar-refractivity contribution in [2.45, 2.75) is 6.92 Å². The topological polar surface area (TPSA) is 62.5 Å². The lowest BCUT2D eigenvalue weighted by Gasteiger charge is -2.05. The Kier molecular flexibility index (Phi) is 3.06. The molecule has 0 bridgehead atoms. The van der Waals surface area contributed by atoms with E-state index < -0.39 is 0 Å². The van der Waals surface area contributed by atoms with Crippen molar-refractivity contribution in [1.82, 2.24) is 0 Å². The molecule has 0 atom stereocenters. The van der Waals surface area contributed by atoms with Crippen LogP contribution >= 0.6 is 11.6 Å². The molecule has 1 aromatic heterocycles. The maximum absolute atomic E-state index is 11.8. The Bertz CT molecular complexity index is 563. The van der Waals surface area contributed by atoms with Crippen molar-refractivity contribution in [3.8, 4) is 5.75 Å². The Morgan fingerprint density at radius 1 is 1.41 bits per heavy atom. The maximum Gasteiger partial charge on any atom is 0.291 e. The van der Waals surface area contributed by atoms with E-state index in [-0.39, 0.29) is 22.4 Å². The first kappa shape index (κ1) is 11.5. The van der Waals surface area contributed by atoms with Crippen molar-refractivity contribution in [3.05, 3.63) is 46.9 Å². The molecule has 0 saturated carbocycles. The largest absolute Gasteiger partial charge is 0.506 e. The summed E-state index contributed by atoms with van der Waals surface area (Å²) in [6.45, 7) is 1.78. The standard InChI is InChI=1S/C12H10ClNO3/c1-7-4-5-17-11(7)12(16)14-8-2-3-10(15)9(13)6-8/h2-6,15H,1H3,(H,14,16). The molecule has 1 aromatic carbocycles. The first-order valence-electron chi connectivity index (χ1n) is 4.92. The van der Waals surface area contributed by atoms with Crippen molar-refractivity contribution in [3.63, 3.8) is 0 Å². The summed E-state index contributed by atoms with van der Waals surface area (Å²) < 4.78 is 5.06. The summed E-state index contributed by atoms with van der Waals surface area (Å²) in [5.41, 5.74) is 1.25. The van der Waals surface area contributed by atoms with E-state index in [0.717, 1.165) is 5.56 Å². The van der Waals surface area contributed by atoms with Crippen LogP contribution in [-0.2, 0) is 0 Å². The van der Waals surface area contributed by atoms with E-state index in [9.17, 15) is 9.90 Å². The zero-order chi connectivity index (χ0) is 12.4. The average Bonchev–Trinajstić information content (AvgIpc) is 2.70. The van der Waals surface area contributed by atoms with Gasteiger partial charge in [0, 0.05) is 11.3 Å². The summed E-state index contributed by atoms with van der Waals surface area (Å²) in [4.78, 5) is 11.8. The molecule has 5 heteroatoms. The van der Waals surface area contributed by atoms with Gasteiger partial charge in [0.05, 0.1) is 11.3 Å². The number of rotatable bonds is 2. The molecule has 0 fully saturated rings. The van der Waals surface area contributed by atoms with Gasteiger partial charge in [0.2, 0.25) is 0 Å². The number of hydrogen-bond acceptors (Lipinski definition) is 3. The van der Waals surface area contributed by atoms with E-state index in [1.165, 1.54) is 18.4 Å². The third-order valence-corrected chi connectivity index (χ3v) is 2.58. The number of nitrogens with one attached hydrogen (secondary N) is 1. The van der Waals surface area contributed by atoms with Crippen LogP contribution < -0.4 is 5.32 Å². The Labute approximate surface area is 103 Å². The number of carbonyl (C=O) groups excluding carboxylic acids is 1. The summed E-state index contributed by atoms with van der Waals surface area (Å²) in [6.07, 6.45) is 1.45. The molecule has 0 unspecified atom stereocenters. The number of aromatic hydroxyl groups is 1. The number of anilines is 1. The van der Waals surface area contributed by atoms with Gasteiger partial charge >= 0.3 is 0 Å². The first-order valence-corrected chi connectivity index (χ1v) is 5.29. The van der Waals surface area contributed by atoms with Crippen molar-refractivity contribution >= 4 is 23.2 Å². The Morgan fingerprint density at radius 3 is 2.76 bits per heavy atom. The molecule has 2 aromatic rings. The Morgan fingerprint density at radius 2 is 2.18 bits per heavy atom. The zero-order valence-corrected chi connectivity index (χ0v) is 9.78. The first-order chi connectivity index (χ1) is 8.08. The van der Waals surface area contributed by atoms with E-state index in [1.807, 2.05) is 0 Å². The molecule has 0 spiro atoms. The lowest BCUT2D eigenvalue weighted by molar-refractivity contribution is 0.0996. The number of hydrogen-bond donors (Lipinski definition) is 2. The van der Waals surface area contributed by atoms with Gasteiger partial charge in [-0.15, -0.1) is 0 Å². The number of phenols is 1. The van der Waals surface area contributed by atoms with Gasteiger partial charge in [0.15, 0.2) is 5.76 Å². The normalized spacial score (nSPS) is 10.2. The van der Waals surface area contributed by atoms with Gasteiger partial charge in [-0.2, -0.15) is 0 Å². The van der Waals surface area contributed by atoms with Gasteiger partial charge in [-0.25, -0.2) is 0 Å². The van der Waals surface area contributed by atoms with Crippen molar-refractivity contribution in [1.29, 1.82) is 0 Å². The molecule has 2 rings (SSSR count). The highest BCUT2D eigenvalue weighted by molar-refractivity contribution is 6.32. The highest BCUT2D eigenvalue weighted by Gasteiger charge is 2.13. The molecule has 0 aliphatic carbocycles. The Hall–Kier alpha value is -1.94. The summed E-state index contributed by atoms with van der Waals surface area (Å²) in [5, 5.41) is 12.0. The Balaban J connectivity index is 2.19. The molecule has 1 amide bonds. The van der Waals surface area contributed by atoms with Gasteiger partial charge in [-0.1, -0.05) is 11.6 Å². The summed E-state index contributed by atoms with van der Waals surface area (Å²) in [5.74, 6) is -0.123. The lowest BCUT2D eigenvalue weighted by atomic mass is 10.2. The zero-order valence-electron chi connectivity index (χ0n) is 9.03. The quantitative estimate of drug-likeness (QED) is 0.806. The van der Waals surface area contributed by atoms with Gasteiger partial charge < -0.3 is 14.8 Å². The smallest absolute Gasteiger partial charge is 0.291 e. The van der Waals surface area contributed by atoms with E-state index in [1.54, 1.807) is 19.1 Å². The fourth-order valence-electron chi connectivity index (χ4n) is 1.38. The van der Waals surface area contributed by atoms with E-state index in [2.05, 4.69) is 5.32 Å². The predicted molar refractivity (Wildman–Crippen MR) is 64.5 cm³/mol. The minimum Gasteiger partial charge on any atom is -0.506 e. The molecule has 0 saturated heterocycles. The molecule has 4 nitrogen and oxygen atoms in total. The van der Waals surface area contributed by atoms with Gasteiger partial charge in [-0.05, 0) is 31.2 Å².